The van der Waals surface area contributed by atoms with Gasteiger partial charge in [-0.25, -0.2) is 13.9 Å². The Kier molecular flexibility index (Phi) is 4.69. The Morgan fingerprint density at radius 3 is 2.79 bits per heavy atom. The largest absolute Gasteiger partial charge is 0.332 e. The first-order chi connectivity index (χ1) is 8.93. The molecule has 6 heteroatoms. The minimum atomic E-state index is -1.08. The minimum Gasteiger partial charge on any atom is -0.332 e. The Hall–Kier alpha value is -0.390. The highest BCUT2D eigenvalue weighted by molar-refractivity contribution is 7.84. The molecule has 108 valence electrons. The van der Waals surface area contributed by atoms with Crippen molar-refractivity contribution < 1.29 is 4.21 Å². The van der Waals surface area contributed by atoms with E-state index in [4.69, 9.17) is 11.6 Å². The number of hydrogen-bond acceptors (Lipinski definition) is 2. The number of hydrogen-bond donors (Lipinski definition) is 1. The molecule has 1 fully saturated rings. The maximum absolute atomic E-state index is 12.3. The van der Waals surface area contributed by atoms with E-state index in [1.807, 2.05) is 27.0 Å². The highest BCUT2D eigenvalue weighted by atomic mass is 35.5. The first kappa shape index (κ1) is 15.0. The zero-order chi connectivity index (χ0) is 14.0. The molecule has 19 heavy (non-hydrogen) atoms. The third-order valence-electron chi connectivity index (χ3n) is 3.23. The summed E-state index contributed by atoms with van der Waals surface area (Å²) in [7, 11) is -1.08. The number of nitrogens with one attached hydrogen (secondary N) is 1. The molecule has 1 saturated carbocycles. The van der Waals surface area contributed by atoms with Gasteiger partial charge in [0, 0.05) is 24.8 Å². The summed E-state index contributed by atoms with van der Waals surface area (Å²) < 4.78 is 17.4. The van der Waals surface area contributed by atoms with Gasteiger partial charge in [0.15, 0.2) is 0 Å². The van der Waals surface area contributed by atoms with Crippen LogP contribution < -0.4 is 4.72 Å². The number of aryl methyl sites for hydroxylation is 1. The lowest BCUT2D eigenvalue weighted by Gasteiger charge is -2.24. The first-order valence-electron chi connectivity index (χ1n) is 6.68. The van der Waals surface area contributed by atoms with E-state index >= 15 is 0 Å². The fourth-order valence-electron chi connectivity index (χ4n) is 1.96. The quantitative estimate of drug-likeness (QED) is 0.821. The van der Waals surface area contributed by atoms with Crippen LogP contribution in [0.15, 0.2) is 12.4 Å². The molecule has 0 saturated heterocycles. The normalized spacial score (nSPS) is 19.4. The molecule has 2 rings (SSSR count). The summed E-state index contributed by atoms with van der Waals surface area (Å²) in [5.74, 6) is 2.06. The van der Waals surface area contributed by atoms with Crippen LogP contribution in [0.4, 0.5) is 0 Å². The maximum atomic E-state index is 12.3. The number of aromatic nitrogens is 2. The molecule has 0 aromatic carbocycles. The van der Waals surface area contributed by atoms with E-state index < -0.39 is 11.0 Å². The van der Waals surface area contributed by atoms with Gasteiger partial charge >= 0.3 is 0 Å². The van der Waals surface area contributed by atoms with Crippen molar-refractivity contribution in [2.45, 2.75) is 50.9 Å². The fraction of sp³-hybridized carbons (Fsp3) is 0.769. The van der Waals surface area contributed by atoms with Crippen LogP contribution in [-0.4, -0.2) is 24.4 Å². The Bertz CT molecular complexity index is 451. The van der Waals surface area contributed by atoms with E-state index in [0.717, 1.165) is 12.4 Å². The average molecular weight is 304 g/mol. The molecular weight excluding hydrogens is 282 g/mol. The Labute approximate surface area is 122 Å². The zero-order valence-corrected chi connectivity index (χ0v) is 13.3. The molecule has 0 aliphatic heterocycles. The first-order valence-corrected chi connectivity index (χ1v) is 8.37. The minimum absolute atomic E-state index is 0.0678. The monoisotopic (exact) mass is 303 g/mol. The van der Waals surface area contributed by atoms with E-state index in [1.165, 1.54) is 12.8 Å². The van der Waals surface area contributed by atoms with Crippen molar-refractivity contribution in [3.05, 3.63) is 18.2 Å². The van der Waals surface area contributed by atoms with Crippen LogP contribution in [0.25, 0.3) is 0 Å². The van der Waals surface area contributed by atoms with Crippen LogP contribution >= 0.6 is 11.6 Å². The van der Waals surface area contributed by atoms with Crippen LogP contribution in [0.5, 0.6) is 0 Å². The van der Waals surface area contributed by atoms with E-state index in [1.54, 1.807) is 6.20 Å². The maximum Gasteiger partial charge on any atom is 0.127 e. The predicted molar refractivity (Wildman–Crippen MR) is 79.4 cm³/mol. The molecule has 0 spiro atoms. The molecule has 1 aromatic rings. The Balaban J connectivity index is 2.16. The molecule has 1 aliphatic rings. The van der Waals surface area contributed by atoms with Crippen LogP contribution in [0.3, 0.4) is 0 Å². The van der Waals surface area contributed by atoms with Crippen molar-refractivity contribution in [1.82, 2.24) is 14.3 Å². The van der Waals surface area contributed by atoms with Crippen molar-refractivity contribution >= 4 is 22.6 Å². The SMILES string of the molecule is CC(C)(C)S(=O)NC(c1nccn1CCCl)C1CC1. The van der Waals surface area contributed by atoms with Gasteiger partial charge in [0.05, 0.1) is 21.8 Å². The molecular formula is C13H22ClN3OS. The second-order valence-corrected chi connectivity index (χ2v) is 8.36. The van der Waals surface area contributed by atoms with Crippen molar-refractivity contribution in [3.8, 4) is 0 Å². The molecule has 1 aromatic heterocycles. The van der Waals surface area contributed by atoms with Gasteiger partial charge in [0.2, 0.25) is 0 Å². The molecule has 0 amide bonds. The van der Waals surface area contributed by atoms with Crippen molar-refractivity contribution in [2.24, 2.45) is 5.92 Å². The molecule has 2 atom stereocenters. The van der Waals surface area contributed by atoms with Gasteiger partial charge in [0.25, 0.3) is 0 Å². The Morgan fingerprint density at radius 2 is 2.26 bits per heavy atom. The zero-order valence-electron chi connectivity index (χ0n) is 11.7. The molecule has 2 unspecified atom stereocenters. The molecule has 1 N–H and O–H groups in total. The molecule has 0 radical (unpaired) electrons. The summed E-state index contributed by atoms with van der Waals surface area (Å²) in [5.41, 5.74) is 0. The Morgan fingerprint density at radius 1 is 1.58 bits per heavy atom. The van der Waals surface area contributed by atoms with Crippen LogP contribution in [-0.2, 0) is 17.5 Å². The number of nitrogens with zero attached hydrogens (tertiary/aromatic N) is 2. The second-order valence-electron chi connectivity index (χ2n) is 5.98. The van der Waals surface area contributed by atoms with Gasteiger partial charge in [-0.05, 0) is 39.5 Å². The summed E-state index contributed by atoms with van der Waals surface area (Å²) in [6.45, 7) is 6.67. The van der Waals surface area contributed by atoms with E-state index in [0.29, 0.717) is 11.8 Å². The predicted octanol–water partition coefficient (Wildman–Crippen LogP) is 2.62. The van der Waals surface area contributed by atoms with Crippen molar-refractivity contribution in [3.63, 3.8) is 0 Å². The standard InChI is InChI=1S/C13H22ClN3OS/c1-13(2,3)19(18)16-11(10-4-5-10)12-15-7-9-17(12)8-6-14/h7,9-11,16H,4-6,8H2,1-3H3. The molecule has 1 heterocycles. The van der Waals surface area contributed by atoms with Crippen LogP contribution in [0.1, 0.15) is 45.5 Å². The molecule has 1 aliphatic carbocycles. The van der Waals surface area contributed by atoms with Crippen LogP contribution in [0.2, 0.25) is 0 Å². The lowest BCUT2D eigenvalue weighted by atomic mass is 10.2. The lowest BCUT2D eigenvalue weighted by Crippen LogP contribution is -2.37. The average Bonchev–Trinajstić information content (AvgIpc) is 3.06. The van der Waals surface area contributed by atoms with Gasteiger partial charge in [-0.3, -0.25) is 0 Å². The highest BCUT2D eigenvalue weighted by Crippen LogP contribution is 2.41. The number of rotatable bonds is 6. The fourth-order valence-corrected chi connectivity index (χ4v) is 3.03. The van der Waals surface area contributed by atoms with Gasteiger partial charge in [-0.1, -0.05) is 0 Å². The van der Waals surface area contributed by atoms with E-state index in [9.17, 15) is 4.21 Å². The third kappa shape index (κ3) is 3.80. The smallest absolute Gasteiger partial charge is 0.127 e. The van der Waals surface area contributed by atoms with Gasteiger partial charge < -0.3 is 4.57 Å². The number of imidazole rings is 1. The summed E-state index contributed by atoms with van der Waals surface area (Å²) in [6, 6.07) is 0.0678. The molecule has 0 bridgehead atoms. The van der Waals surface area contributed by atoms with Gasteiger partial charge in [-0.15, -0.1) is 11.6 Å². The summed E-state index contributed by atoms with van der Waals surface area (Å²) in [6.07, 6.45) is 6.08. The van der Waals surface area contributed by atoms with Crippen LogP contribution in [0, 0.1) is 5.92 Å². The van der Waals surface area contributed by atoms with E-state index in [2.05, 4.69) is 14.3 Å². The van der Waals surface area contributed by atoms with Gasteiger partial charge in [-0.2, -0.15) is 0 Å². The topological polar surface area (TPSA) is 46.9 Å². The van der Waals surface area contributed by atoms with Gasteiger partial charge in [0.1, 0.15) is 5.82 Å². The second kappa shape index (κ2) is 5.94. The number of halogens is 1. The van der Waals surface area contributed by atoms with Crippen molar-refractivity contribution in [1.29, 1.82) is 0 Å². The lowest BCUT2D eigenvalue weighted by molar-refractivity contribution is 0.506. The van der Waals surface area contributed by atoms with Crippen molar-refractivity contribution in [2.75, 3.05) is 5.88 Å². The summed E-state index contributed by atoms with van der Waals surface area (Å²) in [4.78, 5) is 4.44. The highest BCUT2D eigenvalue weighted by Gasteiger charge is 2.37. The van der Waals surface area contributed by atoms with E-state index in [-0.39, 0.29) is 10.8 Å². The molecule has 4 nitrogen and oxygen atoms in total. The summed E-state index contributed by atoms with van der Waals surface area (Å²) in [5, 5.41) is 0. The third-order valence-corrected chi connectivity index (χ3v) is 4.98. The summed E-state index contributed by atoms with van der Waals surface area (Å²) >= 11 is 5.81. The number of alkyl halides is 1.